The lowest BCUT2D eigenvalue weighted by atomic mass is 9.93. The molecule has 0 spiro atoms. The van der Waals surface area contributed by atoms with Gasteiger partial charge >= 0.3 is 0 Å². The average molecular weight is 256 g/mol. The molecule has 1 aliphatic heterocycles. The molecule has 0 amide bonds. The smallest absolute Gasteiger partial charge is 0.0947 e. The molecular weight excluding hydrogens is 236 g/mol. The third-order valence-electron chi connectivity index (χ3n) is 3.71. The van der Waals surface area contributed by atoms with Gasteiger partial charge in [0.1, 0.15) is 0 Å². The van der Waals surface area contributed by atoms with Crippen LogP contribution in [-0.4, -0.2) is 25.0 Å². The molecule has 0 fully saturated rings. The van der Waals surface area contributed by atoms with Crippen LogP contribution >= 0.6 is 0 Å². The molecule has 1 aromatic carbocycles. The Labute approximate surface area is 114 Å². The van der Waals surface area contributed by atoms with Crippen molar-refractivity contribution in [3.05, 3.63) is 54.0 Å². The third-order valence-corrected chi connectivity index (χ3v) is 3.71. The number of para-hydroxylation sites is 1. The van der Waals surface area contributed by atoms with Crippen LogP contribution < -0.4 is 5.32 Å². The van der Waals surface area contributed by atoms with Gasteiger partial charge in [-0.25, -0.2) is 0 Å². The summed E-state index contributed by atoms with van der Waals surface area (Å²) in [4.78, 5) is 2.37. The van der Waals surface area contributed by atoms with E-state index in [1.807, 2.05) is 12.3 Å². The quantitative estimate of drug-likeness (QED) is 0.911. The summed E-state index contributed by atoms with van der Waals surface area (Å²) < 4.78 is 5.11. The Morgan fingerprint density at radius 2 is 2.21 bits per heavy atom. The molecule has 1 aromatic heterocycles. The number of benzene rings is 1. The summed E-state index contributed by atoms with van der Waals surface area (Å²) >= 11 is 0. The molecule has 2 heterocycles. The second kappa shape index (κ2) is 5.49. The maximum Gasteiger partial charge on any atom is 0.0947 e. The van der Waals surface area contributed by atoms with Gasteiger partial charge < -0.3 is 14.6 Å². The summed E-state index contributed by atoms with van der Waals surface area (Å²) in [6.45, 7) is 3.12. The predicted octanol–water partition coefficient (Wildman–Crippen LogP) is 3.00. The lowest BCUT2D eigenvalue weighted by molar-refractivity contribution is 0.270. The van der Waals surface area contributed by atoms with Crippen LogP contribution in [0.5, 0.6) is 0 Å². The van der Waals surface area contributed by atoms with E-state index in [4.69, 9.17) is 4.42 Å². The van der Waals surface area contributed by atoms with E-state index in [0.29, 0.717) is 5.92 Å². The second-order valence-electron chi connectivity index (χ2n) is 5.44. The third kappa shape index (κ3) is 2.99. The van der Waals surface area contributed by atoms with Gasteiger partial charge in [-0.05, 0) is 37.1 Å². The predicted molar refractivity (Wildman–Crippen MR) is 77.2 cm³/mol. The van der Waals surface area contributed by atoms with Crippen LogP contribution in [0.1, 0.15) is 11.1 Å². The highest BCUT2D eigenvalue weighted by atomic mass is 16.3. The molecule has 0 radical (unpaired) electrons. The molecule has 1 aliphatic rings. The van der Waals surface area contributed by atoms with Gasteiger partial charge in [-0.15, -0.1) is 0 Å². The van der Waals surface area contributed by atoms with Crippen molar-refractivity contribution in [2.45, 2.75) is 13.0 Å². The molecule has 1 unspecified atom stereocenters. The lowest BCUT2D eigenvalue weighted by Gasteiger charge is -2.29. The fourth-order valence-electron chi connectivity index (χ4n) is 2.84. The minimum absolute atomic E-state index is 0.673. The largest absolute Gasteiger partial charge is 0.472 e. The topological polar surface area (TPSA) is 28.4 Å². The van der Waals surface area contributed by atoms with Crippen molar-refractivity contribution in [3.8, 4) is 0 Å². The number of nitrogens with one attached hydrogen (secondary N) is 1. The highest BCUT2D eigenvalue weighted by molar-refractivity contribution is 5.53. The number of furan rings is 1. The molecule has 3 rings (SSSR count). The number of rotatable bonds is 4. The Bertz CT molecular complexity index is 521. The van der Waals surface area contributed by atoms with E-state index in [1.165, 1.54) is 23.2 Å². The zero-order chi connectivity index (χ0) is 13.1. The van der Waals surface area contributed by atoms with Crippen molar-refractivity contribution < 1.29 is 4.42 Å². The van der Waals surface area contributed by atoms with Crippen LogP contribution in [0.3, 0.4) is 0 Å². The Morgan fingerprint density at radius 1 is 1.32 bits per heavy atom. The van der Waals surface area contributed by atoms with Gasteiger partial charge in [0.15, 0.2) is 0 Å². The fraction of sp³-hybridized carbons (Fsp3) is 0.375. The lowest BCUT2D eigenvalue weighted by Crippen LogP contribution is -2.33. The van der Waals surface area contributed by atoms with Gasteiger partial charge in [-0.2, -0.15) is 0 Å². The molecule has 2 aromatic rings. The van der Waals surface area contributed by atoms with Crippen LogP contribution in [0.2, 0.25) is 0 Å². The highest BCUT2D eigenvalue weighted by Gasteiger charge is 2.19. The van der Waals surface area contributed by atoms with Gasteiger partial charge in [-0.1, -0.05) is 18.2 Å². The molecule has 0 saturated carbocycles. The van der Waals surface area contributed by atoms with E-state index in [-0.39, 0.29) is 0 Å². The monoisotopic (exact) mass is 256 g/mol. The normalized spacial score (nSPS) is 18.1. The van der Waals surface area contributed by atoms with Crippen LogP contribution in [0.4, 0.5) is 5.69 Å². The van der Waals surface area contributed by atoms with E-state index in [9.17, 15) is 0 Å². The van der Waals surface area contributed by atoms with Crippen molar-refractivity contribution in [2.75, 3.05) is 25.5 Å². The molecule has 0 bridgehead atoms. The van der Waals surface area contributed by atoms with Crippen molar-refractivity contribution in [3.63, 3.8) is 0 Å². The van der Waals surface area contributed by atoms with Crippen LogP contribution in [0.25, 0.3) is 0 Å². The molecule has 3 heteroatoms. The number of fused-ring (bicyclic) bond motifs is 1. The van der Waals surface area contributed by atoms with Crippen molar-refractivity contribution in [1.82, 2.24) is 4.90 Å². The van der Waals surface area contributed by atoms with Gasteiger partial charge in [0, 0.05) is 30.9 Å². The van der Waals surface area contributed by atoms with Crippen molar-refractivity contribution in [2.24, 2.45) is 5.92 Å². The molecule has 0 aliphatic carbocycles. The summed E-state index contributed by atoms with van der Waals surface area (Å²) in [5.41, 5.74) is 3.98. The minimum Gasteiger partial charge on any atom is -0.472 e. The first-order valence-electron chi connectivity index (χ1n) is 6.82. The van der Waals surface area contributed by atoms with Gasteiger partial charge in [0.2, 0.25) is 0 Å². The Balaban J connectivity index is 1.57. The maximum atomic E-state index is 5.11. The second-order valence-corrected chi connectivity index (χ2v) is 5.44. The summed E-state index contributed by atoms with van der Waals surface area (Å²) in [5, 5.41) is 3.53. The van der Waals surface area contributed by atoms with E-state index < -0.39 is 0 Å². The zero-order valence-corrected chi connectivity index (χ0v) is 11.3. The first-order chi connectivity index (χ1) is 9.31. The average Bonchev–Trinajstić information content (AvgIpc) is 2.91. The molecule has 19 heavy (non-hydrogen) atoms. The SMILES string of the molecule is CN(Cc1ccoc1)CC1CNc2ccccc2C1. The Kier molecular flexibility index (Phi) is 3.56. The van der Waals surface area contributed by atoms with Crippen LogP contribution in [0, 0.1) is 5.92 Å². The molecule has 1 atom stereocenters. The summed E-state index contributed by atoms with van der Waals surface area (Å²) in [6.07, 6.45) is 4.73. The summed E-state index contributed by atoms with van der Waals surface area (Å²) in [6, 6.07) is 10.6. The summed E-state index contributed by atoms with van der Waals surface area (Å²) in [5.74, 6) is 0.673. The zero-order valence-electron chi connectivity index (χ0n) is 11.3. The number of nitrogens with zero attached hydrogens (tertiary/aromatic N) is 1. The Hall–Kier alpha value is -1.74. The minimum atomic E-state index is 0.673. The first kappa shape index (κ1) is 12.3. The summed E-state index contributed by atoms with van der Waals surface area (Å²) in [7, 11) is 2.17. The van der Waals surface area contributed by atoms with Crippen molar-refractivity contribution in [1.29, 1.82) is 0 Å². The Morgan fingerprint density at radius 3 is 3.05 bits per heavy atom. The standard InChI is InChI=1S/C16H20N2O/c1-18(10-13-6-7-19-12-13)11-14-8-15-4-2-3-5-16(15)17-9-14/h2-7,12,14,17H,8-11H2,1H3. The van der Waals surface area contributed by atoms with Gasteiger partial charge in [-0.3, -0.25) is 0 Å². The van der Waals surface area contributed by atoms with Crippen molar-refractivity contribution >= 4 is 5.69 Å². The molecule has 0 saturated heterocycles. The van der Waals surface area contributed by atoms with E-state index in [0.717, 1.165) is 19.6 Å². The molecule has 3 nitrogen and oxygen atoms in total. The number of hydrogen-bond acceptors (Lipinski definition) is 3. The van der Waals surface area contributed by atoms with E-state index >= 15 is 0 Å². The van der Waals surface area contributed by atoms with Gasteiger partial charge in [0.25, 0.3) is 0 Å². The first-order valence-corrected chi connectivity index (χ1v) is 6.82. The number of anilines is 1. The van der Waals surface area contributed by atoms with Crippen LogP contribution in [-0.2, 0) is 13.0 Å². The van der Waals surface area contributed by atoms with E-state index in [1.54, 1.807) is 6.26 Å². The van der Waals surface area contributed by atoms with Crippen LogP contribution in [0.15, 0.2) is 47.3 Å². The van der Waals surface area contributed by atoms with Gasteiger partial charge in [0.05, 0.1) is 12.5 Å². The van der Waals surface area contributed by atoms with E-state index in [2.05, 4.69) is 41.5 Å². The molecule has 1 N–H and O–H groups in total. The maximum absolute atomic E-state index is 5.11. The highest BCUT2D eigenvalue weighted by Crippen LogP contribution is 2.24. The molecule has 100 valence electrons. The number of hydrogen-bond donors (Lipinski definition) is 1. The fourth-order valence-corrected chi connectivity index (χ4v) is 2.84. The molecular formula is C16H20N2O.